The summed E-state index contributed by atoms with van der Waals surface area (Å²) in [6, 6.07) is 21.7. The normalized spacial score (nSPS) is 25.4. The number of ether oxygens (including phenoxy) is 3. The van der Waals surface area contributed by atoms with E-state index in [1.807, 2.05) is 12.1 Å². The second-order valence-corrected chi connectivity index (χ2v) is 15.6. The Hall–Kier alpha value is -4.33. The summed E-state index contributed by atoms with van der Waals surface area (Å²) in [6.45, 7) is 7.19. The minimum absolute atomic E-state index is 0.0219. The highest BCUT2D eigenvalue weighted by atomic mass is 79.9. The fraction of sp³-hybridized carbons (Fsp3) is 0.381. The molecule has 6 rings (SSSR count). The number of likely N-dealkylation sites (tertiary alicyclic amines) is 1. The maximum absolute atomic E-state index is 15.1. The molecule has 3 aliphatic heterocycles. The van der Waals surface area contributed by atoms with Crippen molar-refractivity contribution in [3.8, 4) is 0 Å². The van der Waals surface area contributed by atoms with Crippen molar-refractivity contribution in [2.24, 2.45) is 11.8 Å². The SMILES string of the molecule is C=CCCC(=O)N[C@H](COC)[C@H](OC(=O)[C@@H]1[C@H]2O[C@@]3(CC2Br)[C@H](C(=O)N(CC=C)c2ccc(Cl)cc2)N([C@H](CO)c2ccccc2)C(=O)[C@@H]13)c1ccccc1. The van der Waals surface area contributed by atoms with E-state index in [9.17, 15) is 14.7 Å². The zero-order valence-corrected chi connectivity index (χ0v) is 32.8. The van der Waals surface area contributed by atoms with Crippen molar-refractivity contribution in [3.63, 3.8) is 0 Å². The lowest BCUT2D eigenvalue weighted by Crippen LogP contribution is -2.57. The zero-order valence-electron chi connectivity index (χ0n) is 30.5. The maximum atomic E-state index is 15.1. The predicted molar refractivity (Wildman–Crippen MR) is 211 cm³/mol. The van der Waals surface area contributed by atoms with Crippen LogP contribution in [0.5, 0.6) is 0 Å². The molecular weight excluding hydrogens is 790 g/mol. The number of halogens is 2. The van der Waals surface area contributed by atoms with Gasteiger partial charge in [-0.15, -0.1) is 13.2 Å². The number of nitrogens with one attached hydrogen (secondary N) is 1. The number of benzene rings is 3. The molecule has 2 bridgehead atoms. The number of aliphatic hydroxyl groups is 1. The van der Waals surface area contributed by atoms with Gasteiger partial charge in [-0.25, -0.2) is 0 Å². The third-order valence-electron chi connectivity index (χ3n) is 10.6. The van der Waals surface area contributed by atoms with Crippen molar-refractivity contribution in [2.75, 3.05) is 31.8 Å². The number of esters is 1. The Labute approximate surface area is 334 Å². The molecule has 2 N–H and O–H groups in total. The number of amides is 3. The van der Waals surface area contributed by atoms with E-state index >= 15 is 9.59 Å². The Morgan fingerprint density at radius 1 is 1.05 bits per heavy atom. The molecule has 55 heavy (non-hydrogen) atoms. The monoisotopic (exact) mass is 833 g/mol. The number of methoxy groups -OCH3 is 1. The van der Waals surface area contributed by atoms with Crippen LogP contribution in [0.2, 0.25) is 5.02 Å². The van der Waals surface area contributed by atoms with Crippen LogP contribution in [0.25, 0.3) is 0 Å². The summed E-state index contributed by atoms with van der Waals surface area (Å²) in [5.74, 6) is -4.26. The second-order valence-electron chi connectivity index (χ2n) is 14.0. The minimum atomic E-state index is -1.47. The number of allylic oxidation sites excluding steroid dienone is 1. The number of anilines is 1. The van der Waals surface area contributed by atoms with E-state index in [0.29, 0.717) is 28.3 Å². The molecule has 0 saturated carbocycles. The van der Waals surface area contributed by atoms with E-state index in [2.05, 4.69) is 34.4 Å². The van der Waals surface area contributed by atoms with Gasteiger partial charge in [-0.3, -0.25) is 19.2 Å². The Bertz CT molecular complexity index is 1870. The van der Waals surface area contributed by atoms with Crippen LogP contribution in [0.15, 0.2) is 110 Å². The van der Waals surface area contributed by atoms with Crippen molar-refractivity contribution in [2.45, 2.75) is 60.0 Å². The molecule has 3 aliphatic rings. The van der Waals surface area contributed by atoms with Crippen LogP contribution in [0, 0.1) is 11.8 Å². The summed E-state index contributed by atoms with van der Waals surface area (Å²) in [5, 5.41) is 14.4. The Kier molecular flexibility index (Phi) is 12.9. The molecule has 1 unspecified atom stereocenters. The first-order chi connectivity index (χ1) is 26.6. The lowest BCUT2D eigenvalue weighted by molar-refractivity contribution is -0.163. The predicted octanol–water partition coefficient (Wildman–Crippen LogP) is 5.72. The topological polar surface area (TPSA) is 135 Å². The number of rotatable bonds is 17. The van der Waals surface area contributed by atoms with Crippen molar-refractivity contribution in [3.05, 3.63) is 126 Å². The number of hydrogen-bond acceptors (Lipinski definition) is 8. The third-order valence-corrected chi connectivity index (χ3v) is 11.7. The van der Waals surface area contributed by atoms with Gasteiger partial charge in [0.15, 0.2) is 0 Å². The van der Waals surface area contributed by atoms with Crippen molar-refractivity contribution in [1.29, 1.82) is 0 Å². The fourth-order valence-electron chi connectivity index (χ4n) is 8.33. The molecule has 290 valence electrons. The van der Waals surface area contributed by atoms with E-state index in [1.54, 1.807) is 84.9 Å². The van der Waals surface area contributed by atoms with Gasteiger partial charge in [0.2, 0.25) is 11.8 Å². The molecule has 3 aromatic carbocycles. The quantitative estimate of drug-likeness (QED) is 0.100. The summed E-state index contributed by atoms with van der Waals surface area (Å²) >= 11 is 9.95. The molecule has 0 radical (unpaired) electrons. The van der Waals surface area contributed by atoms with Crippen LogP contribution in [-0.4, -0.2) is 89.2 Å². The number of carbonyl (C=O) groups is 4. The van der Waals surface area contributed by atoms with Crippen LogP contribution in [0.1, 0.15) is 42.5 Å². The van der Waals surface area contributed by atoms with Crippen molar-refractivity contribution < 1.29 is 38.5 Å². The summed E-state index contributed by atoms with van der Waals surface area (Å²) in [6.07, 6.45) is 2.27. The van der Waals surface area contributed by atoms with Gasteiger partial charge in [-0.2, -0.15) is 0 Å². The number of hydrogen-bond donors (Lipinski definition) is 2. The third kappa shape index (κ3) is 7.88. The Balaban J connectivity index is 1.42. The maximum Gasteiger partial charge on any atom is 0.313 e. The molecule has 3 amide bonds. The standard InChI is InChI=1S/C42H45BrClN3O8/c1-4-6-17-33(49)45-31(25-53-3)36(27-15-11-8-12-16-27)54-41(52)34-35-39(50)47(32(24-48)26-13-9-7-10-14-26)38(42(35)23-30(43)37(34)55-42)40(51)46(22-5-2)29-20-18-28(44)19-21-29/h4-5,7-16,18-21,30-32,34-38,48H,1-2,6,17,22-25H2,3H3,(H,45,49)/t30?,31-,32-,34+,35-,36-,37+,38+,42-/m1/s1. The van der Waals surface area contributed by atoms with Gasteiger partial charge in [-0.1, -0.05) is 100 Å². The molecule has 3 aromatic rings. The van der Waals surface area contributed by atoms with Gasteiger partial charge in [0, 0.05) is 35.6 Å². The number of nitrogens with zero attached hydrogens (tertiary/aromatic N) is 2. The van der Waals surface area contributed by atoms with Gasteiger partial charge in [0.05, 0.1) is 43.2 Å². The first-order valence-electron chi connectivity index (χ1n) is 18.2. The molecule has 11 nitrogen and oxygen atoms in total. The lowest BCUT2D eigenvalue weighted by Gasteiger charge is -2.39. The van der Waals surface area contributed by atoms with E-state index < -0.39 is 77.0 Å². The highest BCUT2D eigenvalue weighted by Gasteiger charge is 2.78. The molecule has 3 heterocycles. The molecule has 13 heteroatoms. The van der Waals surface area contributed by atoms with E-state index in [1.165, 1.54) is 16.9 Å². The molecule has 1 spiro atoms. The van der Waals surface area contributed by atoms with Crippen molar-refractivity contribution >= 4 is 56.9 Å². The van der Waals surface area contributed by atoms with Crippen LogP contribution in [0.3, 0.4) is 0 Å². The lowest BCUT2D eigenvalue weighted by atomic mass is 9.70. The van der Waals surface area contributed by atoms with Crippen LogP contribution in [-0.2, 0) is 33.4 Å². The minimum Gasteiger partial charge on any atom is -0.455 e. The van der Waals surface area contributed by atoms with Crippen LogP contribution in [0.4, 0.5) is 5.69 Å². The summed E-state index contributed by atoms with van der Waals surface area (Å²) in [4.78, 5) is 60.4. The Morgan fingerprint density at radius 3 is 2.31 bits per heavy atom. The van der Waals surface area contributed by atoms with E-state index in [-0.39, 0.29) is 31.9 Å². The second kappa shape index (κ2) is 17.6. The Morgan fingerprint density at radius 2 is 1.71 bits per heavy atom. The van der Waals surface area contributed by atoms with Gasteiger partial charge in [-0.05, 0) is 48.2 Å². The van der Waals surface area contributed by atoms with Gasteiger partial charge in [0.25, 0.3) is 5.91 Å². The van der Waals surface area contributed by atoms with Crippen LogP contribution < -0.4 is 10.2 Å². The number of alkyl halides is 1. The average Bonchev–Trinajstić information content (AvgIpc) is 3.79. The molecule has 3 saturated heterocycles. The highest BCUT2D eigenvalue weighted by molar-refractivity contribution is 9.09. The van der Waals surface area contributed by atoms with Gasteiger partial charge in [0.1, 0.15) is 17.7 Å². The zero-order chi connectivity index (χ0) is 39.3. The highest BCUT2D eigenvalue weighted by Crippen LogP contribution is 2.61. The number of fused-ring (bicyclic) bond motifs is 1. The van der Waals surface area contributed by atoms with Crippen molar-refractivity contribution in [1.82, 2.24) is 10.2 Å². The summed E-state index contributed by atoms with van der Waals surface area (Å²) in [5.41, 5.74) is 0.261. The first-order valence-corrected chi connectivity index (χ1v) is 19.5. The number of carbonyl (C=O) groups excluding carboxylic acids is 4. The first kappa shape index (κ1) is 40.3. The average molecular weight is 835 g/mol. The van der Waals surface area contributed by atoms with Crippen LogP contribution >= 0.6 is 27.5 Å². The fourth-order valence-corrected chi connectivity index (χ4v) is 9.40. The van der Waals surface area contributed by atoms with E-state index in [0.717, 1.165) is 0 Å². The molecule has 0 aromatic heterocycles. The molecular formula is C42H45BrClN3O8. The van der Waals surface area contributed by atoms with Gasteiger partial charge >= 0.3 is 5.97 Å². The number of aliphatic hydroxyl groups excluding tert-OH is 1. The largest absolute Gasteiger partial charge is 0.455 e. The van der Waals surface area contributed by atoms with E-state index in [4.69, 9.17) is 25.8 Å². The van der Waals surface area contributed by atoms with Gasteiger partial charge < -0.3 is 34.4 Å². The smallest absolute Gasteiger partial charge is 0.313 e. The molecule has 9 atom stereocenters. The summed E-state index contributed by atoms with van der Waals surface area (Å²) in [7, 11) is 1.49. The molecule has 3 fully saturated rings. The molecule has 0 aliphatic carbocycles. The summed E-state index contributed by atoms with van der Waals surface area (Å²) < 4.78 is 18.7.